The lowest BCUT2D eigenvalue weighted by molar-refractivity contribution is 0.0949. The number of hydrazone groups is 1. The van der Waals surface area contributed by atoms with Crippen molar-refractivity contribution in [3.8, 4) is 16.3 Å². The summed E-state index contributed by atoms with van der Waals surface area (Å²) in [5.41, 5.74) is 5.84. The fraction of sp³-hybridized carbons (Fsp3) is 0.0870. The number of anilines is 1. The lowest BCUT2D eigenvalue weighted by Gasteiger charge is -2.11. The van der Waals surface area contributed by atoms with E-state index in [-0.39, 0.29) is 10.6 Å². The molecule has 0 unspecified atom stereocenters. The normalized spacial score (nSPS) is 11.6. The van der Waals surface area contributed by atoms with Crippen LogP contribution in [0.15, 0.2) is 82.1 Å². The summed E-state index contributed by atoms with van der Waals surface area (Å²) < 4.78 is 24.7. The van der Waals surface area contributed by atoms with Crippen LogP contribution in [-0.2, 0) is 10.0 Å². The number of carbonyl (C=O) groups excluding carboxylic acids is 1. The van der Waals surface area contributed by atoms with E-state index in [9.17, 15) is 13.2 Å². The molecule has 2 aromatic heterocycles. The number of amides is 1. The molecule has 11 heteroatoms. The van der Waals surface area contributed by atoms with E-state index in [0.29, 0.717) is 11.4 Å². The molecule has 2 heterocycles. The number of benzene rings is 2. The third kappa shape index (κ3) is 5.22. The van der Waals surface area contributed by atoms with E-state index in [4.69, 9.17) is 5.14 Å². The molecule has 0 aliphatic carbocycles. The minimum atomic E-state index is -3.81. The first kappa shape index (κ1) is 23.4. The highest BCUT2D eigenvalue weighted by Gasteiger charge is 2.18. The van der Waals surface area contributed by atoms with Gasteiger partial charge in [0, 0.05) is 19.8 Å². The minimum Gasteiger partial charge on any atom is -0.378 e. The van der Waals surface area contributed by atoms with E-state index in [1.54, 1.807) is 29.1 Å². The zero-order valence-electron chi connectivity index (χ0n) is 18.4. The van der Waals surface area contributed by atoms with Gasteiger partial charge in [-0.05, 0) is 59.5 Å². The first-order chi connectivity index (χ1) is 16.2. The molecule has 0 aliphatic rings. The van der Waals surface area contributed by atoms with Crippen molar-refractivity contribution in [1.29, 1.82) is 0 Å². The maximum absolute atomic E-state index is 12.7. The van der Waals surface area contributed by atoms with Gasteiger partial charge in [-0.15, -0.1) is 11.3 Å². The van der Waals surface area contributed by atoms with Crippen LogP contribution in [0.25, 0.3) is 16.3 Å². The number of nitrogens with zero attached hydrogens (tertiary/aromatic N) is 4. The van der Waals surface area contributed by atoms with Crippen molar-refractivity contribution in [3.63, 3.8) is 0 Å². The van der Waals surface area contributed by atoms with Crippen LogP contribution < -0.4 is 15.5 Å². The van der Waals surface area contributed by atoms with Crippen molar-refractivity contribution in [2.75, 3.05) is 19.0 Å². The molecule has 0 saturated carbocycles. The summed E-state index contributed by atoms with van der Waals surface area (Å²) in [7, 11) is 0.106. The Hall–Kier alpha value is -3.80. The van der Waals surface area contributed by atoms with Crippen molar-refractivity contribution in [2.45, 2.75) is 4.90 Å². The highest BCUT2D eigenvalue weighted by Crippen LogP contribution is 2.28. The third-order valence-corrected chi connectivity index (χ3v) is 6.74. The standard InChI is InChI=1S/C23H22N6O3S2/c1-28(2)17-7-5-16(6-8-17)15-25-26-23(30)20-14-21(22-4-3-13-33-22)29(27-20)18-9-11-19(12-10-18)34(24,31)32/h3-15H,1-2H3,(H,26,30)(H2,24,31,32)/b25-15-. The summed E-state index contributed by atoms with van der Waals surface area (Å²) in [6.45, 7) is 0. The number of thiophene rings is 1. The molecular weight excluding hydrogens is 472 g/mol. The van der Waals surface area contributed by atoms with Crippen LogP contribution in [0.5, 0.6) is 0 Å². The quantitative estimate of drug-likeness (QED) is 0.302. The van der Waals surface area contributed by atoms with Gasteiger partial charge in [0.05, 0.1) is 27.4 Å². The maximum Gasteiger partial charge on any atom is 0.291 e. The Balaban J connectivity index is 1.58. The molecule has 2 aromatic carbocycles. The zero-order valence-corrected chi connectivity index (χ0v) is 20.0. The lowest BCUT2D eigenvalue weighted by Crippen LogP contribution is -2.18. The smallest absolute Gasteiger partial charge is 0.291 e. The molecule has 0 fully saturated rings. The van der Waals surface area contributed by atoms with E-state index in [2.05, 4.69) is 15.6 Å². The summed E-state index contributed by atoms with van der Waals surface area (Å²) in [6.07, 6.45) is 1.56. The van der Waals surface area contributed by atoms with Gasteiger partial charge in [0.15, 0.2) is 5.69 Å². The Morgan fingerprint density at radius 3 is 2.41 bits per heavy atom. The molecule has 0 saturated heterocycles. The number of primary sulfonamides is 1. The first-order valence-corrected chi connectivity index (χ1v) is 12.5. The Bertz CT molecular complexity index is 1420. The zero-order chi connectivity index (χ0) is 24.3. The molecule has 174 valence electrons. The topological polar surface area (TPSA) is 123 Å². The molecule has 1 amide bonds. The van der Waals surface area contributed by atoms with E-state index >= 15 is 0 Å². The van der Waals surface area contributed by atoms with Crippen molar-refractivity contribution in [1.82, 2.24) is 15.2 Å². The van der Waals surface area contributed by atoms with Crippen LogP contribution in [0.2, 0.25) is 0 Å². The number of hydrogen-bond acceptors (Lipinski definition) is 7. The largest absolute Gasteiger partial charge is 0.378 e. The molecule has 0 bridgehead atoms. The van der Waals surface area contributed by atoms with Gasteiger partial charge in [0.1, 0.15) is 0 Å². The average molecular weight is 495 g/mol. The van der Waals surface area contributed by atoms with E-state index < -0.39 is 15.9 Å². The van der Waals surface area contributed by atoms with Crippen molar-refractivity contribution < 1.29 is 13.2 Å². The molecule has 34 heavy (non-hydrogen) atoms. The Morgan fingerprint density at radius 1 is 1.12 bits per heavy atom. The number of hydrogen-bond donors (Lipinski definition) is 2. The second kappa shape index (κ2) is 9.59. The van der Waals surface area contributed by atoms with Crippen LogP contribution in [0, 0.1) is 0 Å². The number of sulfonamides is 1. The molecule has 3 N–H and O–H groups in total. The molecule has 0 radical (unpaired) electrons. The van der Waals surface area contributed by atoms with Crippen molar-refractivity contribution >= 4 is 39.2 Å². The van der Waals surface area contributed by atoms with Gasteiger partial charge >= 0.3 is 0 Å². The predicted octanol–water partition coefficient (Wildman–Crippen LogP) is 3.08. The lowest BCUT2D eigenvalue weighted by atomic mass is 10.2. The Kier molecular flexibility index (Phi) is 6.59. The van der Waals surface area contributed by atoms with Gasteiger partial charge in [-0.2, -0.15) is 10.2 Å². The molecule has 0 spiro atoms. The summed E-state index contributed by atoms with van der Waals surface area (Å²) in [5.74, 6) is -0.473. The molecule has 4 rings (SSSR count). The summed E-state index contributed by atoms with van der Waals surface area (Å²) in [6, 6.07) is 19.2. The monoisotopic (exact) mass is 494 g/mol. The number of nitrogens with two attached hydrogens (primary N) is 1. The second-order valence-corrected chi connectivity index (χ2v) is 10.0. The fourth-order valence-corrected chi connectivity index (χ4v) is 4.39. The van der Waals surface area contributed by atoms with Gasteiger partial charge in [0.2, 0.25) is 10.0 Å². The fourth-order valence-electron chi connectivity index (χ4n) is 3.15. The van der Waals surface area contributed by atoms with Crippen LogP contribution >= 0.6 is 11.3 Å². The van der Waals surface area contributed by atoms with Crippen LogP contribution in [-0.4, -0.2) is 44.4 Å². The van der Waals surface area contributed by atoms with Crippen LogP contribution in [0.1, 0.15) is 16.1 Å². The van der Waals surface area contributed by atoms with E-state index in [1.165, 1.54) is 23.5 Å². The highest BCUT2D eigenvalue weighted by atomic mass is 32.2. The average Bonchev–Trinajstić information content (AvgIpc) is 3.49. The third-order valence-electron chi connectivity index (χ3n) is 4.91. The van der Waals surface area contributed by atoms with Gasteiger partial charge in [-0.3, -0.25) is 4.79 Å². The second-order valence-electron chi connectivity index (χ2n) is 7.53. The molecule has 0 aliphatic heterocycles. The van der Waals surface area contributed by atoms with Gasteiger partial charge in [-0.25, -0.2) is 23.7 Å². The summed E-state index contributed by atoms with van der Waals surface area (Å²) in [5, 5.41) is 15.6. The van der Waals surface area contributed by atoms with Crippen LogP contribution in [0.3, 0.4) is 0 Å². The van der Waals surface area contributed by atoms with Gasteiger partial charge in [-0.1, -0.05) is 18.2 Å². The first-order valence-electron chi connectivity index (χ1n) is 10.1. The SMILES string of the molecule is CN(C)c1ccc(/C=N\NC(=O)c2cc(-c3cccs3)n(-c3ccc(S(N)(=O)=O)cc3)n2)cc1. The van der Waals surface area contributed by atoms with Crippen LogP contribution in [0.4, 0.5) is 5.69 Å². The molecule has 0 atom stereocenters. The number of aromatic nitrogens is 2. The van der Waals surface area contributed by atoms with Crippen molar-refractivity contribution in [3.05, 3.63) is 83.4 Å². The van der Waals surface area contributed by atoms with Crippen molar-refractivity contribution in [2.24, 2.45) is 10.2 Å². The van der Waals surface area contributed by atoms with E-state index in [1.807, 2.05) is 60.8 Å². The number of nitrogens with one attached hydrogen (secondary N) is 1. The molecule has 9 nitrogen and oxygen atoms in total. The summed E-state index contributed by atoms with van der Waals surface area (Å²) >= 11 is 1.49. The van der Waals surface area contributed by atoms with Gasteiger partial charge < -0.3 is 4.90 Å². The highest BCUT2D eigenvalue weighted by molar-refractivity contribution is 7.89. The Morgan fingerprint density at radius 2 is 1.82 bits per heavy atom. The molecule has 4 aromatic rings. The van der Waals surface area contributed by atoms with E-state index in [0.717, 1.165) is 16.1 Å². The number of rotatable bonds is 7. The Labute approximate surface area is 201 Å². The minimum absolute atomic E-state index is 0.00741. The number of carbonyl (C=O) groups is 1. The summed E-state index contributed by atoms with van der Waals surface area (Å²) in [4.78, 5) is 15.6. The maximum atomic E-state index is 12.7. The van der Waals surface area contributed by atoms with Gasteiger partial charge in [0.25, 0.3) is 5.91 Å². The predicted molar refractivity (Wildman–Crippen MR) is 134 cm³/mol. The molecular formula is C23H22N6O3S2.